The molecule has 0 saturated carbocycles. The van der Waals surface area contributed by atoms with Crippen LogP contribution in [0.1, 0.15) is 31.0 Å². The maximum absolute atomic E-state index is 13.1. The first-order valence-electron chi connectivity index (χ1n) is 9.98. The van der Waals surface area contributed by atoms with E-state index in [2.05, 4.69) is 35.5 Å². The lowest BCUT2D eigenvalue weighted by Crippen LogP contribution is -2.50. The second kappa shape index (κ2) is 8.88. The second-order valence-electron chi connectivity index (χ2n) is 7.30. The van der Waals surface area contributed by atoms with E-state index < -0.39 is 6.04 Å². The highest BCUT2D eigenvalue weighted by Crippen LogP contribution is 2.20. The van der Waals surface area contributed by atoms with E-state index in [0.717, 1.165) is 30.3 Å². The number of aromatic nitrogens is 7. The van der Waals surface area contributed by atoms with Crippen molar-refractivity contribution in [1.29, 1.82) is 0 Å². The number of hydrogen-bond donors (Lipinski definition) is 1. The summed E-state index contributed by atoms with van der Waals surface area (Å²) in [7, 11) is 0. The molecule has 4 rings (SSSR count). The van der Waals surface area contributed by atoms with Crippen molar-refractivity contribution in [3.05, 3.63) is 40.9 Å². The van der Waals surface area contributed by atoms with Crippen LogP contribution in [-0.4, -0.2) is 77.3 Å². The number of nitrogens with zero attached hydrogens (tertiary/aromatic N) is 8. The van der Waals surface area contributed by atoms with Gasteiger partial charge in [-0.15, -0.1) is 10.2 Å². The van der Waals surface area contributed by atoms with E-state index in [4.69, 9.17) is 11.6 Å². The number of nitrogens with one attached hydrogen (secondary N) is 1. The van der Waals surface area contributed by atoms with Crippen LogP contribution in [0.2, 0.25) is 5.02 Å². The summed E-state index contributed by atoms with van der Waals surface area (Å²) < 4.78 is 0. The maximum Gasteiger partial charge on any atom is 0.249 e. The molecule has 10 nitrogen and oxygen atoms in total. The molecule has 1 aromatic carbocycles. The van der Waals surface area contributed by atoms with Gasteiger partial charge in [0.05, 0.1) is 6.54 Å². The molecule has 1 unspecified atom stereocenters. The summed E-state index contributed by atoms with van der Waals surface area (Å²) in [5.41, 5.74) is 0.809. The first kappa shape index (κ1) is 20.4. The van der Waals surface area contributed by atoms with Gasteiger partial charge in [0.2, 0.25) is 11.7 Å². The van der Waals surface area contributed by atoms with Crippen LogP contribution in [0, 0.1) is 6.92 Å². The number of benzene rings is 1. The molecule has 11 heteroatoms. The van der Waals surface area contributed by atoms with E-state index in [1.165, 1.54) is 4.80 Å². The highest BCUT2D eigenvalue weighted by atomic mass is 35.5. The molecule has 0 spiro atoms. The molecule has 1 saturated heterocycles. The van der Waals surface area contributed by atoms with Gasteiger partial charge in [-0.3, -0.25) is 14.8 Å². The Labute approximate surface area is 179 Å². The number of H-pyrrole nitrogens is 1. The molecule has 1 aliphatic heterocycles. The van der Waals surface area contributed by atoms with E-state index in [1.807, 2.05) is 30.9 Å². The molecule has 1 atom stereocenters. The SMILES string of the molecule is CCC(C(=O)N1CCN(Cc2n[nH]c(C)n2)CC1)n1nnc(-c2ccc(Cl)cc2)n1. The Hall–Kier alpha value is -2.85. The van der Waals surface area contributed by atoms with Gasteiger partial charge in [-0.2, -0.15) is 9.90 Å². The third-order valence-corrected chi connectivity index (χ3v) is 5.43. The van der Waals surface area contributed by atoms with E-state index in [-0.39, 0.29) is 5.91 Å². The third-order valence-electron chi connectivity index (χ3n) is 5.17. The van der Waals surface area contributed by atoms with Gasteiger partial charge in [-0.25, -0.2) is 4.98 Å². The van der Waals surface area contributed by atoms with Gasteiger partial charge in [-0.1, -0.05) is 18.5 Å². The smallest absolute Gasteiger partial charge is 0.249 e. The molecule has 30 heavy (non-hydrogen) atoms. The number of aromatic amines is 1. The molecular formula is C19H24ClN9O. The summed E-state index contributed by atoms with van der Waals surface area (Å²) in [6, 6.07) is 6.75. The fourth-order valence-corrected chi connectivity index (χ4v) is 3.63. The zero-order valence-corrected chi connectivity index (χ0v) is 17.7. The third kappa shape index (κ3) is 4.49. The Morgan fingerprint density at radius 1 is 1.20 bits per heavy atom. The summed E-state index contributed by atoms with van der Waals surface area (Å²) in [4.78, 5) is 23.0. The number of amides is 1. The summed E-state index contributed by atoms with van der Waals surface area (Å²) in [5, 5.41) is 20.4. The molecule has 1 amide bonds. The number of halogens is 1. The largest absolute Gasteiger partial charge is 0.338 e. The molecule has 0 radical (unpaired) electrons. The first-order chi connectivity index (χ1) is 14.5. The van der Waals surface area contributed by atoms with Crippen LogP contribution in [0.25, 0.3) is 11.4 Å². The van der Waals surface area contributed by atoms with Crippen LogP contribution >= 0.6 is 11.6 Å². The predicted octanol–water partition coefficient (Wildman–Crippen LogP) is 1.72. The molecule has 0 aliphatic carbocycles. The Bertz CT molecular complexity index is 992. The summed E-state index contributed by atoms with van der Waals surface area (Å²) in [6.45, 7) is 7.37. The zero-order valence-electron chi connectivity index (χ0n) is 17.0. The molecule has 2 aromatic heterocycles. The molecular weight excluding hydrogens is 406 g/mol. The fourth-order valence-electron chi connectivity index (χ4n) is 3.51. The van der Waals surface area contributed by atoms with E-state index in [9.17, 15) is 4.79 Å². The van der Waals surface area contributed by atoms with Crippen LogP contribution in [0.3, 0.4) is 0 Å². The van der Waals surface area contributed by atoms with Gasteiger partial charge in [0.25, 0.3) is 0 Å². The summed E-state index contributed by atoms with van der Waals surface area (Å²) in [6.07, 6.45) is 0.589. The van der Waals surface area contributed by atoms with Crippen LogP contribution in [0.15, 0.2) is 24.3 Å². The van der Waals surface area contributed by atoms with E-state index in [0.29, 0.717) is 36.9 Å². The van der Waals surface area contributed by atoms with Crippen molar-refractivity contribution < 1.29 is 4.79 Å². The quantitative estimate of drug-likeness (QED) is 0.635. The lowest BCUT2D eigenvalue weighted by molar-refractivity contribution is -0.137. The average Bonchev–Trinajstić information content (AvgIpc) is 3.39. The van der Waals surface area contributed by atoms with Crippen LogP contribution in [0.5, 0.6) is 0 Å². The predicted molar refractivity (Wildman–Crippen MR) is 111 cm³/mol. The highest BCUT2D eigenvalue weighted by Gasteiger charge is 2.29. The van der Waals surface area contributed by atoms with Crippen molar-refractivity contribution in [3.8, 4) is 11.4 Å². The molecule has 1 N–H and O–H groups in total. The van der Waals surface area contributed by atoms with Crippen LogP contribution in [-0.2, 0) is 11.3 Å². The lowest BCUT2D eigenvalue weighted by Gasteiger charge is -2.35. The number of aryl methyl sites for hydroxylation is 1. The standard InChI is InChI=1S/C19H24ClN9O/c1-3-16(29-25-18(24-26-29)14-4-6-15(20)7-5-14)19(30)28-10-8-27(9-11-28)12-17-21-13(2)22-23-17/h4-7,16H,3,8-12H2,1-2H3,(H,21,22,23). The van der Waals surface area contributed by atoms with Crippen molar-refractivity contribution in [2.45, 2.75) is 32.9 Å². The maximum atomic E-state index is 13.1. The fraction of sp³-hybridized carbons (Fsp3) is 0.474. The summed E-state index contributed by atoms with van der Waals surface area (Å²) in [5.74, 6) is 2.08. The Balaban J connectivity index is 1.38. The number of rotatable bonds is 6. The molecule has 3 heterocycles. The minimum Gasteiger partial charge on any atom is -0.338 e. The Morgan fingerprint density at radius 2 is 1.93 bits per heavy atom. The minimum absolute atomic E-state index is 0.0194. The van der Waals surface area contributed by atoms with Gasteiger partial charge in [0.15, 0.2) is 11.9 Å². The van der Waals surface area contributed by atoms with Crippen LogP contribution in [0.4, 0.5) is 0 Å². The monoisotopic (exact) mass is 429 g/mol. The molecule has 1 aliphatic rings. The molecule has 1 fully saturated rings. The Kier molecular flexibility index (Phi) is 6.05. The molecule has 158 valence electrons. The van der Waals surface area contributed by atoms with Gasteiger partial charge < -0.3 is 4.90 Å². The van der Waals surface area contributed by atoms with Gasteiger partial charge in [0.1, 0.15) is 5.82 Å². The van der Waals surface area contributed by atoms with E-state index in [1.54, 1.807) is 12.1 Å². The number of tetrazole rings is 1. The molecule has 3 aromatic rings. The first-order valence-corrected chi connectivity index (χ1v) is 10.4. The number of carbonyl (C=O) groups is 1. The van der Waals surface area contributed by atoms with Crippen molar-refractivity contribution in [2.24, 2.45) is 0 Å². The zero-order chi connectivity index (χ0) is 21.1. The van der Waals surface area contributed by atoms with Crippen LogP contribution < -0.4 is 0 Å². The van der Waals surface area contributed by atoms with Crippen molar-refractivity contribution in [1.82, 2.24) is 45.2 Å². The Morgan fingerprint density at radius 3 is 2.57 bits per heavy atom. The van der Waals surface area contributed by atoms with E-state index >= 15 is 0 Å². The van der Waals surface area contributed by atoms with Crippen molar-refractivity contribution >= 4 is 17.5 Å². The summed E-state index contributed by atoms with van der Waals surface area (Å²) >= 11 is 5.94. The van der Waals surface area contributed by atoms with Crippen molar-refractivity contribution in [2.75, 3.05) is 26.2 Å². The second-order valence-corrected chi connectivity index (χ2v) is 7.74. The number of carbonyl (C=O) groups excluding carboxylic acids is 1. The minimum atomic E-state index is -0.472. The topological polar surface area (TPSA) is 109 Å². The van der Waals surface area contributed by atoms with Gasteiger partial charge >= 0.3 is 0 Å². The normalized spacial score (nSPS) is 16.0. The lowest BCUT2D eigenvalue weighted by atomic mass is 10.2. The highest BCUT2D eigenvalue weighted by molar-refractivity contribution is 6.30. The van der Waals surface area contributed by atoms with Gasteiger partial charge in [-0.05, 0) is 42.8 Å². The molecule has 0 bridgehead atoms. The average molecular weight is 430 g/mol. The van der Waals surface area contributed by atoms with Gasteiger partial charge in [0, 0.05) is 36.8 Å². The van der Waals surface area contributed by atoms with Crippen molar-refractivity contribution in [3.63, 3.8) is 0 Å². The number of piperazine rings is 1. The number of hydrogen-bond acceptors (Lipinski definition) is 7.